The molecule has 104 valence electrons. The standard InChI is InChI=1S/C16H15ClO2S/c1-19-16-8-4-14(5-9-16)12-20(18)11-10-13-2-6-15(17)7-3-13/h2-11H,12H2,1H3. The van der Waals surface area contributed by atoms with Crippen LogP contribution >= 0.6 is 11.6 Å². The molecule has 2 rings (SSSR count). The highest BCUT2D eigenvalue weighted by molar-refractivity contribution is 7.87. The number of ether oxygens (including phenoxy) is 1. The predicted molar refractivity (Wildman–Crippen MR) is 85.3 cm³/mol. The van der Waals surface area contributed by atoms with E-state index in [1.54, 1.807) is 12.5 Å². The summed E-state index contributed by atoms with van der Waals surface area (Å²) in [6.45, 7) is 0. The molecule has 4 heteroatoms. The highest BCUT2D eigenvalue weighted by atomic mass is 35.5. The van der Waals surface area contributed by atoms with Crippen molar-refractivity contribution in [3.63, 3.8) is 0 Å². The highest BCUT2D eigenvalue weighted by Crippen LogP contribution is 2.14. The molecule has 1 atom stereocenters. The molecule has 1 unspecified atom stereocenters. The average Bonchev–Trinajstić information content (AvgIpc) is 2.47. The SMILES string of the molecule is COc1ccc(CS(=O)C=Cc2ccc(Cl)cc2)cc1. The van der Waals surface area contributed by atoms with Crippen molar-refractivity contribution in [3.05, 3.63) is 70.1 Å². The fourth-order valence-corrected chi connectivity index (χ4v) is 2.71. The first-order valence-electron chi connectivity index (χ1n) is 6.11. The molecule has 2 nitrogen and oxygen atoms in total. The summed E-state index contributed by atoms with van der Waals surface area (Å²) in [5.74, 6) is 1.30. The van der Waals surface area contributed by atoms with Crippen molar-refractivity contribution in [2.24, 2.45) is 0 Å². The predicted octanol–water partition coefficient (Wildman–Crippen LogP) is 4.27. The van der Waals surface area contributed by atoms with Crippen LogP contribution in [0, 0.1) is 0 Å². The van der Waals surface area contributed by atoms with Gasteiger partial charge in [0.2, 0.25) is 0 Å². The zero-order valence-corrected chi connectivity index (χ0v) is 12.7. The molecule has 2 aromatic rings. The lowest BCUT2D eigenvalue weighted by Crippen LogP contribution is -1.92. The van der Waals surface area contributed by atoms with E-state index >= 15 is 0 Å². The van der Waals surface area contributed by atoms with Crippen LogP contribution in [0.3, 0.4) is 0 Å². The molecule has 0 saturated carbocycles. The van der Waals surface area contributed by atoms with Gasteiger partial charge in [0.05, 0.1) is 23.7 Å². The highest BCUT2D eigenvalue weighted by Gasteiger charge is 1.99. The molecule has 0 spiro atoms. The lowest BCUT2D eigenvalue weighted by molar-refractivity contribution is 0.414. The molecular weight excluding hydrogens is 292 g/mol. The molecule has 0 aliphatic carbocycles. The molecule has 0 aliphatic rings. The molecule has 0 heterocycles. The molecule has 0 amide bonds. The second kappa shape index (κ2) is 7.27. The van der Waals surface area contributed by atoms with E-state index in [9.17, 15) is 4.21 Å². The van der Waals surface area contributed by atoms with Gasteiger partial charge < -0.3 is 4.74 Å². The zero-order valence-electron chi connectivity index (χ0n) is 11.1. The summed E-state index contributed by atoms with van der Waals surface area (Å²) >= 11 is 5.81. The maximum atomic E-state index is 12.0. The lowest BCUT2D eigenvalue weighted by Gasteiger charge is -2.01. The molecule has 0 aliphatic heterocycles. The molecule has 0 N–H and O–H groups in total. The van der Waals surface area contributed by atoms with Crippen molar-refractivity contribution >= 4 is 28.5 Å². The van der Waals surface area contributed by atoms with Gasteiger partial charge in [-0.25, -0.2) is 0 Å². The van der Waals surface area contributed by atoms with E-state index in [-0.39, 0.29) is 0 Å². The van der Waals surface area contributed by atoms with Crippen molar-refractivity contribution < 1.29 is 8.95 Å². The van der Waals surface area contributed by atoms with E-state index in [1.165, 1.54) is 0 Å². The Morgan fingerprint density at radius 3 is 2.35 bits per heavy atom. The monoisotopic (exact) mass is 306 g/mol. The lowest BCUT2D eigenvalue weighted by atomic mass is 10.2. The van der Waals surface area contributed by atoms with Crippen LogP contribution in [-0.4, -0.2) is 11.3 Å². The van der Waals surface area contributed by atoms with Gasteiger partial charge in [-0.3, -0.25) is 4.21 Å². The normalized spacial score (nSPS) is 12.5. The number of hydrogen-bond donors (Lipinski definition) is 0. The van der Waals surface area contributed by atoms with Crippen LogP contribution in [0.1, 0.15) is 11.1 Å². The van der Waals surface area contributed by atoms with Gasteiger partial charge in [0.1, 0.15) is 5.75 Å². The summed E-state index contributed by atoms with van der Waals surface area (Å²) in [6.07, 6.45) is 1.84. The largest absolute Gasteiger partial charge is 0.497 e. The van der Waals surface area contributed by atoms with Crippen LogP contribution in [0.25, 0.3) is 6.08 Å². The first kappa shape index (κ1) is 14.8. The van der Waals surface area contributed by atoms with E-state index in [2.05, 4.69) is 0 Å². The second-order valence-electron chi connectivity index (χ2n) is 4.23. The smallest absolute Gasteiger partial charge is 0.118 e. The summed E-state index contributed by atoms with van der Waals surface area (Å²) in [6, 6.07) is 15.0. The summed E-state index contributed by atoms with van der Waals surface area (Å²) in [7, 11) is 0.587. The first-order chi connectivity index (χ1) is 9.67. The van der Waals surface area contributed by atoms with Gasteiger partial charge >= 0.3 is 0 Å². The first-order valence-corrected chi connectivity index (χ1v) is 7.87. The van der Waals surface area contributed by atoms with E-state index < -0.39 is 10.8 Å². The number of rotatable bonds is 5. The fourth-order valence-electron chi connectivity index (χ4n) is 1.66. The average molecular weight is 307 g/mol. The summed E-state index contributed by atoms with van der Waals surface area (Å²) < 4.78 is 17.1. The Balaban J connectivity index is 1.96. The van der Waals surface area contributed by atoms with Crippen molar-refractivity contribution in [3.8, 4) is 5.75 Å². The number of methoxy groups -OCH3 is 1. The fraction of sp³-hybridized carbons (Fsp3) is 0.125. The third-order valence-corrected chi connectivity index (χ3v) is 4.06. The van der Waals surface area contributed by atoms with Gasteiger partial charge in [-0.1, -0.05) is 35.9 Å². The van der Waals surface area contributed by atoms with Crippen molar-refractivity contribution in [1.82, 2.24) is 0 Å². The van der Waals surface area contributed by atoms with Gasteiger partial charge in [-0.2, -0.15) is 0 Å². The van der Waals surface area contributed by atoms with E-state index in [1.807, 2.05) is 54.6 Å². The maximum Gasteiger partial charge on any atom is 0.118 e. The Morgan fingerprint density at radius 2 is 1.75 bits per heavy atom. The van der Waals surface area contributed by atoms with E-state index in [4.69, 9.17) is 16.3 Å². The topological polar surface area (TPSA) is 26.3 Å². The van der Waals surface area contributed by atoms with Crippen molar-refractivity contribution in [2.45, 2.75) is 5.75 Å². The van der Waals surface area contributed by atoms with Crippen molar-refractivity contribution in [1.29, 1.82) is 0 Å². The van der Waals surface area contributed by atoms with E-state index in [0.29, 0.717) is 10.8 Å². The minimum Gasteiger partial charge on any atom is -0.497 e. The number of benzene rings is 2. The molecule has 20 heavy (non-hydrogen) atoms. The Bertz CT molecular complexity index is 603. The van der Waals surface area contributed by atoms with Gasteiger partial charge in [-0.05, 0) is 41.5 Å². The van der Waals surface area contributed by atoms with Crippen molar-refractivity contribution in [2.75, 3.05) is 7.11 Å². The zero-order chi connectivity index (χ0) is 14.4. The van der Waals surface area contributed by atoms with Crippen LogP contribution in [0.15, 0.2) is 53.9 Å². The third-order valence-electron chi connectivity index (χ3n) is 2.75. The summed E-state index contributed by atoms with van der Waals surface area (Å²) in [4.78, 5) is 0. The Hall–Kier alpha value is -1.58. The summed E-state index contributed by atoms with van der Waals surface area (Å²) in [5.41, 5.74) is 2.00. The number of hydrogen-bond acceptors (Lipinski definition) is 2. The molecule has 0 radical (unpaired) electrons. The number of halogens is 1. The second-order valence-corrected chi connectivity index (χ2v) is 5.99. The van der Waals surface area contributed by atoms with Crippen LogP contribution in [0.2, 0.25) is 5.02 Å². The molecule has 2 aromatic carbocycles. The quantitative estimate of drug-likeness (QED) is 0.824. The Labute approximate surface area is 126 Å². The Morgan fingerprint density at radius 1 is 1.10 bits per heavy atom. The van der Waals surface area contributed by atoms with Crippen LogP contribution in [0.5, 0.6) is 5.75 Å². The minimum atomic E-state index is -1.04. The Kier molecular flexibility index (Phi) is 5.39. The van der Waals surface area contributed by atoms with Gasteiger partial charge in [0, 0.05) is 10.4 Å². The van der Waals surface area contributed by atoms with Gasteiger partial charge in [0.25, 0.3) is 0 Å². The van der Waals surface area contributed by atoms with Crippen LogP contribution < -0.4 is 4.74 Å². The maximum absolute atomic E-state index is 12.0. The molecule has 0 saturated heterocycles. The molecule has 0 fully saturated rings. The third kappa shape index (κ3) is 4.51. The van der Waals surface area contributed by atoms with Gasteiger partial charge in [0.15, 0.2) is 0 Å². The molecular formula is C16H15ClO2S. The molecule has 0 bridgehead atoms. The minimum absolute atomic E-state index is 0.494. The van der Waals surface area contributed by atoms with E-state index in [0.717, 1.165) is 16.9 Å². The van der Waals surface area contributed by atoms with Crippen LogP contribution in [0.4, 0.5) is 0 Å². The van der Waals surface area contributed by atoms with Gasteiger partial charge in [-0.15, -0.1) is 0 Å². The summed E-state index contributed by atoms with van der Waals surface area (Å²) in [5, 5.41) is 2.40. The molecule has 0 aromatic heterocycles. The van der Waals surface area contributed by atoms with Crippen LogP contribution in [-0.2, 0) is 16.6 Å².